The summed E-state index contributed by atoms with van der Waals surface area (Å²) in [6.07, 6.45) is 2.95. The predicted octanol–water partition coefficient (Wildman–Crippen LogP) is -0.734. The number of carbonyl (C=O) groups is 1. The van der Waals surface area contributed by atoms with Crippen LogP contribution < -0.4 is 5.73 Å². The van der Waals surface area contributed by atoms with Gasteiger partial charge in [-0.15, -0.1) is 0 Å². The van der Waals surface area contributed by atoms with Gasteiger partial charge in [0.05, 0.1) is 18.5 Å². The van der Waals surface area contributed by atoms with Gasteiger partial charge in [-0.05, 0) is 6.42 Å². The van der Waals surface area contributed by atoms with Crippen molar-refractivity contribution in [3.63, 3.8) is 0 Å². The van der Waals surface area contributed by atoms with Crippen LogP contribution in [0, 0.1) is 0 Å². The van der Waals surface area contributed by atoms with Crippen molar-refractivity contribution in [3.05, 3.63) is 18.1 Å². The van der Waals surface area contributed by atoms with Gasteiger partial charge >= 0.3 is 0 Å². The lowest BCUT2D eigenvalue weighted by Crippen LogP contribution is -2.30. The van der Waals surface area contributed by atoms with Crippen molar-refractivity contribution in [1.82, 2.24) is 14.9 Å². The van der Waals surface area contributed by atoms with Crippen molar-refractivity contribution >= 4 is 11.7 Å². The minimum atomic E-state index is -0.428. The van der Waals surface area contributed by atoms with Gasteiger partial charge in [-0.25, -0.2) is 4.98 Å². The predicted molar refractivity (Wildman–Crippen MR) is 53.0 cm³/mol. The molecule has 1 amide bonds. The first kappa shape index (κ1) is 9.85. The lowest BCUT2D eigenvalue weighted by Gasteiger charge is -2.14. The molecule has 2 heterocycles. The Bertz CT molecular complexity index is 382. The van der Waals surface area contributed by atoms with E-state index < -0.39 is 6.10 Å². The zero-order valence-corrected chi connectivity index (χ0v) is 8.13. The number of rotatable bonds is 1. The second kappa shape index (κ2) is 3.82. The van der Waals surface area contributed by atoms with Crippen LogP contribution in [-0.4, -0.2) is 45.1 Å². The van der Waals surface area contributed by atoms with Crippen molar-refractivity contribution in [2.45, 2.75) is 12.5 Å². The Morgan fingerprint density at radius 1 is 1.60 bits per heavy atom. The van der Waals surface area contributed by atoms with Gasteiger partial charge in [-0.1, -0.05) is 0 Å². The van der Waals surface area contributed by atoms with Crippen molar-refractivity contribution in [2.24, 2.45) is 0 Å². The third-order valence-electron chi connectivity index (χ3n) is 2.32. The molecule has 1 aromatic rings. The topological polar surface area (TPSA) is 92.3 Å². The van der Waals surface area contributed by atoms with Gasteiger partial charge in [-0.3, -0.25) is 9.78 Å². The molecule has 80 valence electrons. The molecule has 1 saturated heterocycles. The van der Waals surface area contributed by atoms with E-state index in [9.17, 15) is 9.90 Å². The zero-order valence-electron chi connectivity index (χ0n) is 8.13. The molecule has 6 heteroatoms. The largest absolute Gasteiger partial charge is 0.391 e. The van der Waals surface area contributed by atoms with Gasteiger partial charge in [0.25, 0.3) is 5.91 Å². The Hall–Kier alpha value is -1.69. The van der Waals surface area contributed by atoms with E-state index >= 15 is 0 Å². The summed E-state index contributed by atoms with van der Waals surface area (Å²) >= 11 is 0. The first-order valence-corrected chi connectivity index (χ1v) is 4.71. The van der Waals surface area contributed by atoms with Gasteiger partial charge < -0.3 is 15.7 Å². The molecule has 0 aliphatic carbocycles. The number of carbonyl (C=O) groups excluding carboxylic acids is 1. The highest BCUT2D eigenvalue weighted by Gasteiger charge is 2.26. The maximum absolute atomic E-state index is 11.8. The van der Waals surface area contributed by atoms with Gasteiger partial charge in [0, 0.05) is 13.1 Å². The number of nitrogens with two attached hydrogens (primary N) is 1. The Balaban J connectivity index is 2.14. The third-order valence-corrected chi connectivity index (χ3v) is 2.32. The molecule has 0 saturated carbocycles. The molecule has 0 spiro atoms. The Morgan fingerprint density at radius 2 is 2.40 bits per heavy atom. The molecule has 3 N–H and O–H groups in total. The molecule has 1 atom stereocenters. The van der Waals surface area contributed by atoms with Crippen molar-refractivity contribution in [1.29, 1.82) is 0 Å². The van der Waals surface area contributed by atoms with E-state index in [-0.39, 0.29) is 17.4 Å². The summed E-state index contributed by atoms with van der Waals surface area (Å²) in [5.74, 6) is -0.00746. The van der Waals surface area contributed by atoms with Gasteiger partial charge in [0.1, 0.15) is 11.5 Å². The summed E-state index contributed by atoms with van der Waals surface area (Å²) in [4.78, 5) is 21.0. The van der Waals surface area contributed by atoms with E-state index in [1.165, 1.54) is 12.4 Å². The van der Waals surface area contributed by atoms with Crippen molar-refractivity contribution in [2.75, 3.05) is 18.8 Å². The maximum Gasteiger partial charge on any atom is 0.274 e. The summed E-state index contributed by atoms with van der Waals surface area (Å²) in [5.41, 5.74) is 5.65. The van der Waals surface area contributed by atoms with Gasteiger partial charge in [0.15, 0.2) is 0 Å². The maximum atomic E-state index is 11.8. The number of likely N-dealkylation sites (tertiary alicyclic amines) is 1. The number of aliphatic hydroxyl groups excluding tert-OH is 1. The van der Waals surface area contributed by atoms with Crippen LogP contribution in [0.2, 0.25) is 0 Å². The number of aliphatic hydroxyl groups is 1. The van der Waals surface area contributed by atoms with Crippen LogP contribution in [0.1, 0.15) is 16.9 Å². The molecule has 1 aromatic heterocycles. The highest BCUT2D eigenvalue weighted by Crippen LogP contribution is 2.12. The summed E-state index contributed by atoms with van der Waals surface area (Å²) < 4.78 is 0. The number of amides is 1. The molecule has 0 bridgehead atoms. The molecular formula is C9H12N4O2. The minimum absolute atomic E-state index is 0.223. The number of hydrogen-bond acceptors (Lipinski definition) is 5. The quantitative estimate of drug-likeness (QED) is 0.634. The number of nitrogen functional groups attached to an aromatic ring is 1. The number of anilines is 1. The molecule has 2 rings (SSSR count). The Labute approximate surface area is 86.7 Å². The number of nitrogens with zero attached hydrogens (tertiary/aromatic N) is 3. The second-order valence-corrected chi connectivity index (χ2v) is 3.52. The highest BCUT2D eigenvalue weighted by molar-refractivity contribution is 5.92. The molecular weight excluding hydrogens is 196 g/mol. The van der Waals surface area contributed by atoms with Crippen molar-refractivity contribution in [3.8, 4) is 0 Å². The van der Waals surface area contributed by atoms with Gasteiger partial charge in [-0.2, -0.15) is 0 Å². The molecule has 15 heavy (non-hydrogen) atoms. The lowest BCUT2D eigenvalue weighted by atomic mass is 10.3. The van der Waals surface area contributed by atoms with E-state index in [0.29, 0.717) is 19.5 Å². The standard InChI is InChI=1S/C9H12N4O2/c10-8-4-11-3-7(12-8)9(15)13-2-1-6(14)5-13/h3-4,6,14H,1-2,5H2,(H2,10,12). The first-order chi connectivity index (χ1) is 7.16. The highest BCUT2D eigenvalue weighted by atomic mass is 16.3. The minimum Gasteiger partial charge on any atom is -0.391 e. The van der Waals surface area contributed by atoms with Crippen LogP contribution in [0.15, 0.2) is 12.4 Å². The fourth-order valence-electron chi connectivity index (χ4n) is 1.57. The number of aromatic nitrogens is 2. The number of hydrogen-bond donors (Lipinski definition) is 2. The average molecular weight is 208 g/mol. The van der Waals surface area contributed by atoms with E-state index in [1.54, 1.807) is 4.90 Å². The molecule has 1 fully saturated rings. The third kappa shape index (κ3) is 2.04. The second-order valence-electron chi connectivity index (χ2n) is 3.52. The van der Waals surface area contributed by atoms with Crippen LogP contribution in [0.5, 0.6) is 0 Å². The normalized spacial score (nSPS) is 20.6. The monoisotopic (exact) mass is 208 g/mol. The molecule has 0 radical (unpaired) electrons. The molecule has 1 aliphatic heterocycles. The van der Waals surface area contributed by atoms with Crippen LogP contribution in [0.4, 0.5) is 5.82 Å². The summed E-state index contributed by atoms with van der Waals surface area (Å²) in [7, 11) is 0. The van der Waals surface area contributed by atoms with Crippen LogP contribution in [-0.2, 0) is 0 Å². The van der Waals surface area contributed by atoms with Crippen LogP contribution >= 0.6 is 0 Å². The van der Waals surface area contributed by atoms with Crippen LogP contribution in [0.25, 0.3) is 0 Å². The van der Waals surface area contributed by atoms with Gasteiger partial charge in [0.2, 0.25) is 0 Å². The summed E-state index contributed by atoms with van der Waals surface area (Å²) in [5, 5.41) is 9.30. The SMILES string of the molecule is Nc1cncc(C(=O)N2CCC(O)C2)n1. The molecule has 0 aromatic carbocycles. The molecule has 1 aliphatic rings. The van der Waals surface area contributed by atoms with Crippen LogP contribution in [0.3, 0.4) is 0 Å². The molecule has 6 nitrogen and oxygen atoms in total. The Kier molecular flexibility index (Phi) is 2.51. The lowest BCUT2D eigenvalue weighted by molar-refractivity contribution is 0.0759. The average Bonchev–Trinajstić information content (AvgIpc) is 2.64. The smallest absolute Gasteiger partial charge is 0.274 e. The zero-order chi connectivity index (χ0) is 10.8. The van der Waals surface area contributed by atoms with E-state index in [1.807, 2.05) is 0 Å². The fourth-order valence-corrected chi connectivity index (χ4v) is 1.57. The van der Waals surface area contributed by atoms with E-state index in [0.717, 1.165) is 0 Å². The first-order valence-electron chi connectivity index (χ1n) is 4.71. The molecule has 1 unspecified atom stereocenters. The van der Waals surface area contributed by atoms with E-state index in [4.69, 9.17) is 5.73 Å². The van der Waals surface area contributed by atoms with Crippen molar-refractivity contribution < 1.29 is 9.90 Å². The fraction of sp³-hybridized carbons (Fsp3) is 0.444. The summed E-state index contributed by atoms with van der Waals surface area (Å²) in [6, 6.07) is 0. The Morgan fingerprint density at radius 3 is 3.00 bits per heavy atom. The summed E-state index contributed by atoms with van der Waals surface area (Å²) in [6.45, 7) is 0.909. The van der Waals surface area contributed by atoms with E-state index in [2.05, 4.69) is 9.97 Å². The number of β-amino-alcohol motifs (C(OH)–C–C–N with tert-alkyl or cyclic N) is 1.